The van der Waals surface area contributed by atoms with E-state index in [0.29, 0.717) is 30.0 Å². The van der Waals surface area contributed by atoms with E-state index in [1.807, 2.05) is 37.3 Å². The monoisotopic (exact) mass is 283 g/mol. The maximum Gasteiger partial charge on any atom is 0.295 e. The molecule has 1 aromatic carbocycles. The van der Waals surface area contributed by atoms with Gasteiger partial charge in [-0.25, -0.2) is 4.68 Å². The maximum atomic E-state index is 12.4. The lowest BCUT2D eigenvalue weighted by atomic mass is 10.1. The molecule has 1 amide bonds. The SMILES string of the molecule is Cc1nn(-c2ccccc2)c(C)c1C(=O)C(=O)N1CCC1. The minimum atomic E-state index is -0.452. The maximum absolute atomic E-state index is 12.4. The number of Topliss-reactive ketones (excluding diaryl/α,β-unsaturated/α-hetero) is 1. The van der Waals surface area contributed by atoms with Crippen LogP contribution in [0.1, 0.15) is 28.2 Å². The molecule has 0 bridgehead atoms. The van der Waals surface area contributed by atoms with Gasteiger partial charge in [0, 0.05) is 13.1 Å². The van der Waals surface area contributed by atoms with E-state index in [1.54, 1.807) is 16.5 Å². The third-order valence-corrected chi connectivity index (χ3v) is 3.86. The molecule has 0 N–H and O–H groups in total. The first-order chi connectivity index (χ1) is 10.1. The molecule has 5 heteroatoms. The van der Waals surface area contributed by atoms with Crippen molar-refractivity contribution in [3.8, 4) is 5.69 Å². The molecule has 1 aromatic heterocycles. The molecular weight excluding hydrogens is 266 g/mol. The first kappa shape index (κ1) is 13.5. The second kappa shape index (κ2) is 5.16. The smallest absolute Gasteiger partial charge is 0.295 e. The largest absolute Gasteiger partial charge is 0.336 e. The van der Waals surface area contributed by atoms with E-state index in [9.17, 15) is 9.59 Å². The van der Waals surface area contributed by atoms with Gasteiger partial charge in [-0.3, -0.25) is 9.59 Å². The number of likely N-dealkylation sites (tertiary alicyclic amines) is 1. The predicted octanol–water partition coefficient (Wildman–Crippen LogP) is 1.90. The molecule has 1 aliphatic heterocycles. The van der Waals surface area contributed by atoms with Crippen molar-refractivity contribution in [2.75, 3.05) is 13.1 Å². The third kappa shape index (κ3) is 2.24. The topological polar surface area (TPSA) is 55.2 Å². The summed E-state index contributed by atoms with van der Waals surface area (Å²) in [6.45, 7) is 4.94. The van der Waals surface area contributed by atoms with Crippen LogP contribution in [0.3, 0.4) is 0 Å². The average Bonchev–Trinajstić information content (AvgIpc) is 2.72. The average molecular weight is 283 g/mol. The normalized spacial score (nSPS) is 13.9. The van der Waals surface area contributed by atoms with E-state index in [-0.39, 0.29) is 0 Å². The molecule has 21 heavy (non-hydrogen) atoms. The summed E-state index contributed by atoms with van der Waals surface area (Å²) < 4.78 is 1.71. The second-order valence-electron chi connectivity index (χ2n) is 5.27. The molecule has 0 radical (unpaired) electrons. The minimum absolute atomic E-state index is 0.417. The van der Waals surface area contributed by atoms with Gasteiger partial charge in [0.1, 0.15) is 0 Å². The Morgan fingerprint density at radius 1 is 1.10 bits per heavy atom. The predicted molar refractivity (Wildman–Crippen MR) is 78.6 cm³/mol. The second-order valence-corrected chi connectivity index (χ2v) is 5.27. The quantitative estimate of drug-likeness (QED) is 0.638. The van der Waals surface area contributed by atoms with E-state index in [4.69, 9.17) is 0 Å². The number of aromatic nitrogens is 2. The highest BCUT2D eigenvalue weighted by atomic mass is 16.2. The highest BCUT2D eigenvalue weighted by Crippen LogP contribution is 2.20. The van der Waals surface area contributed by atoms with Crippen LogP contribution >= 0.6 is 0 Å². The summed E-state index contributed by atoms with van der Waals surface area (Å²) in [6, 6.07) is 9.60. The van der Waals surface area contributed by atoms with E-state index in [0.717, 1.165) is 12.1 Å². The van der Waals surface area contributed by atoms with Gasteiger partial charge in [-0.05, 0) is 32.4 Å². The number of nitrogens with zero attached hydrogens (tertiary/aromatic N) is 3. The van der Waals surface area contributed by atoms with Crippen molar-refractivity contribution in [3.05, 3.63) is 47.3 Å². The molecule has 0 unspecified atom stereocenters. The van der Waals surface area contributed by atoms with Crippen LogP contribution < -0.4 is 0 Å². The van der Waals surface area contributed by atoms with Crippen molar-refractivity contribution in [2.45, 2.75) is 20.3 Å². The number of hydrogen-bond donors (Lipinski definition) is 0. The van der Waals surface area contributed by atoms with Crippen LogP contribution in [0, 0.1) is 13.8 Å². The number of amides is 1. The summed E-state index contributed by atoms with van der Waals surface area (Å²) >= 11 is 0. The minimum Gasteiger partial charge on any atom is -0.336 e. The standard InChI is InChI=1S/C16H17N3O2/c1-11-14(15(20)16(21)18-9-6-10-18)12(2)19(17-11)13-7-4-3-5-8-13/h3-5,7-8H,6,9-10H2,1-2H3. The fourth-order valence-electron chi connectivity index (χ4n) is 2.56. The zero-order valence-electron chi connectivity index (χ0n) is 12.2. The number of aryl methyl sites for hydroxylation is 1. The molecule has 108 valence electrons. The van der Waals surface area contributed by atoms with E-state index in [1.165, 1.54) is 0 Å². The summed E-state index contributed by atoms with van der Waals surface area (Å²) in [7, 11) is 0. The number of carbonyl (C=O) groups is 2. The fraction of sp³-hybridized carbons (Fsp3) is 0.312. The summed E-state index contributed by atoms with van der Waals surface area (Å²) in [5.74, 6) is -0.869. The lowest BCUT2D eigenvalue weighted by molar-refractivity contribution is -0.129. The van der Waals surface area contributed by atoms with Gasteiger partial charge in [0.05, 0.1) is 22.6 Å². The van der Waals surface area contributed by atoms with Crippen molar-refractivity contribution >= 4 is 11.7 Å². The first-order valence-electron chi connectivity index (χ1n) is 7.05. The summed E-state index contributed by atoms with van der Waals surface area (Å²) in [5.41, 5.74) is 2.61. The van der Waals surface area contributed by atoms with Crippen molar-refractivity contribution in [3.63, 3.8) is 0 Å². The van der Waals surface area contributed by atoms with Gasteiger partial charge < -0.3 is 4.90 Å². The molecule has 2 heterocycles. The zero-order chi connectivity index (χ0) is 15.0. The van der Waals surface area contributed by atoms with Crippen LogP contribution in [0.2, 0.25) is 0 Å². The van der Waals surface area contributed by atoms with E-state index < -0.39 is 11.7 Å². The van der Waals surface area contributed by atoms with Crippen LogP contribution in [0.15, 0.2) is 30.3 Å². The molecule has 0 atom stereocenters. The lowest BCUT2D eigenvalue weighted by Crippen LogP contribution is -2.45. The van der Waals surface area contributed by atoms with Gasteiger partial charge >= 0.3 is 0 Å². The Morgan fingerprint density at radius 2 is 1.76 bits per heavy atom. The number of benzene rings is 1. The van der Waals surface area contributed by atoms with Crippen molar-refractivity contribution < 1.29 is 9.59 Å². The molecule has 0 saturated carbocycles. The highest BCUT2D eigenvalue weighted by Gasteiger charge is 2.31. The van der Waals surface area contributed by atoms with Crippen LogP contribution in [-0.2, 0) is 4.79 Å². The van der Waals surface area contributed by atoms with Gasteiger partial charge in [0.15, 0.2) is 0 Å². The van der Waals surface area contributed by atoms with Crippen LogP contribution in [0.25, 0.3) is 5.69 Å². The third-order valence-electron chi connectivity index (χ3n) is 3.86. The fourth-order valence-corrected chi connectivity index (χ4v) is 2.56. The number of hydrogen-bond acceptors (Lipinski definition) is 3. The van der Waals surface area contributed by atoms with Crippen molar-refractivity contribution in [1.29, 1.82) is 0 Å². The van der Waals surface area contributed by atoms with Gasteiger partial charge in [-0.1, -0.05) is 18.2 Å². The van der Waals surface area contributed by atoms with Crippen molar-refractivity contribution in [1.82, 2.24) is 14.7 Å². The Bertz CT molecular complexity index is 700. The van der Waals surface area contributed by atoms with E-state index >= 15 is 0 Å². The van der Waals surface area contributed by atoms with Crippen LogP contribution in [0.4, 0.5) is 0 Å². The number of rotatable bonds is 3. The Balaban J connectivity index is 1.98. The Kier molecular flexibility index (Phi) is 3.33. The summed E-state index contributed by atoms with van der Waals surface area (Å²) in [5, 5.41) is 4.41. The lowest BCUT2D eigenvalue weighted by Gasteiger charge is -2.30. The summed E-state index contributed by atoms with van der Waals surface area (Å²) in [4.78, 5) is 26.1. The molecule has 5 nitrogen and oxygen atoms in total. The van der Waals surface area contributed by atoms with Crippen molar-refractivity contribution in [2.24, 2.45) is 0 Å². The molecule has 3 rings (SSSR count). The Labute approximate surface area is 123 Å². The number of carbonyl (C=O) groups excluding carboxylic acids is 2. The van der Waals surface area contributed by atoms with Gasteiger partial charge in [0.2, 0.25) is 0 Å². The highest BCUT2D eigenvalue weighted by molar-refractivity contribution is 6.43. The van der Waals surface area contributed by atoms with E-state index in [2.05, 4.69) is 5.10 Å². The number of ketones is 1. The van der Waals surface area contributed by atoms with Gasteiger partial charge in [-0.2, -0.15) is 5.10 Å². The molecule has 1 fully saturated rings. The zero-order valence-corrected chi connectivity index (χ0v) is 12.2. The molecule has 0 aliphatic carbocycles. The van der Waals surface area contributed by atoms with Gasteiger partial charge in [-0.15, -0.1) is 0 Å². The molecule has 1 aliphatic rings. The Hall–Kier alpha value is -2.43. The first-order valence-corrected chi connectivity index (χ1v) is 7.05. The molecular formula is C16H17N3O2. The number of para-hydroxylation sites is 1. The van der Waals surface area contributed by atoms with Crippen LogP contribution in [-0.4, -0.2) is 39.5 Å². The summed E-state index contributed by atoms with van der Waals surface area (Å²) in [6.07, 6.45) is 0.972. The molecule has 0 spiro atoms. The molecule has 1 saturated heterocycles. The Morgan fingerprint density at radius 3 is 2.33 bits per heavy atom. The van der Waals surface area contributed by atoms with Gasteiger partial charge in [0.25, 0.3) is 11.7 Å². The van der Waals surface area contributed by atoms with Crippen LogP contribution in [0.5, 0.6) is 0 Å². The molecule has 2 aromatic rings.